The highest BCUT2D eigenvalue weighted by Gasteiger charge is 2.27. The van der Waals surface area contributed by atoms with Crippen molar-refractivity contribution in [3.63, 3.8) is 0 Å². The van der Waals surface area contributed by atoms with Crippen molar-refractivity contribution in [1.29, 1.82) is 0 Å². The first kappa shape index (κ1) is 11.6. The van der Waals surface area contributed by atoms with E-state index in [0.717, 1.165) is 6.42 Å². The standard InChI is InChI=1S/C9H18O3/c1-5-8(12-7-11-4)9(3,10)6-2/h6,8,10H,2,5,7H2,1,3-4H3/t8-,9+/m1/s1. The maximum atomic E-state index is 9.71. The van der Waals surface area contributed by atoms with Crippen molar-refractivity contribution < 1.29 is 14.6 Å². The van der Waals surface area contributed by atoms with Gasteiger partial charge in [0, 0.05) is 7.11 Å². The van der Waals surface area contributed by atoms with Gasteiger partial charge in [-0.25, -0.2) is 0 Å². The van der Waals surface area contributed by atoms with E-state index in [4.69, 9.17) is 9.47 Å². The van der Waals surface area contributed by atoms with Crippen LogP contribution >= 0.6 is 0 Å². The van der Waals surface area contributed by atoms with Crippen molar-refractivity contribution in [2.24, 2.45) is 0 Å². The van der Waals surface area contributed by atoms with Gasteiger partial charge < -0.3 is 14.6 Å². The zero-order chi connectivity index (χ0) is 9.61. The van der Waals surface area contributed by atoms with Crippen LogP contribution in [-0.2, 0) is 9.47 Å². The first-order valence-corrected chi connectivity index (χ1v) is 4.05. The summed E-state index contributed by atoms with van der Waals surface area (Å²) in [5.41, 5.74) is -0.979. The van der Waals surface area contributed by atoms with E-state index in [1.54, 1.807) is 14.0 Å². The zero-order valence-corrected chi connectivity index (χ0v) is 8.04. The first-order chi connectivity index (χ1) is 5.58. The highest BCUT2D eigenvalue weighted by molar-refractivity contribution is 4.97. The van der Waals surface area contributed by atoms with Crippen LogP contribution in [0.2, 0.25) is 0 Å². The molecule has 0 saturated carbocycles. The predicted octanol–water partition coefficient (Wildman–Crippen LogP) is 1.32. The van der Waals surface area contributed by atoms with E-state index in [1.165, 1.54) is 6.08 Å². The van der Waals surface area contributed by atoms with Crippen molar-refractivity contribution in [3.05, 3.63) is 12.7 Å². The van der Waals surface area contributed by atoms with Crippen LogP contribution in [-0.4, -0.2) is 30.7 Å². The fourth-order valence-electron chi connectivity index (χ4n) is 0.981. The van der Waals surface area contributed by atoms with E-state index < -0.39 is 5.60 Å². The molecule has 0 aliphatic heterocycles. The molecule has 0 bridgehead atoms. The fourth-order valence-corrected chi connectivity index (χ4v) is 0.981. The lowest BCUT2D eigenvalue weighted by Gasteiger charge is -2.28. The highest BCUT2D eigenvalue weighted by Crippen LogP contribution is 2.17. The molecule has 0 amide bonds. The maximum absolute atomic E-state index is 9.71. The summed E-state index contributed by atoms with van der Waals surface area (Å²) in [6.45, 7) is 7.35. The van der Waals surface area contributed by atoms with Gasteiger partial charge in [0.25, 0.3) is 0 Å². The molecular weight excluding hydrogens is 156 g/mol. The van der Waals surface area contributed by atoms with E-state index in [1.807, 2.05) is 6.92 Å². The second kappa shape index (κ2) is 5.30. The number of methoxy groups -OCH3 is 1. The molecule has 0 heterocycles. The summed E-state index contributed by atoms with van der Waals surface area (Å²) < 4.78 is 10.00. The normalized spacial score (nSPS) is 18.3. The van der Waals surface area contributed by atoms with Crippen molar-refractivity contribution >= 4 is 0 Å². The molecule has 0 spiro atoms. The zero-order valence-electron chi connectivity index (χ0n) is 8.04. The largest absolute Gasteiger partial charge is 0.383 e. The quantitative estimate of drug-likeness (QED) is 0.487. The van der Waals surface area contributed by atoms with Gasteiger partial charge in [-0.1, -0.05) is 13.0 Å². The number of hydrogen-bond donors (Lipinski definition) is 1. The third kappa shape index (κ3) is 3.34. The molecule has 0 aliphatic rings. The number of rotatable bonds is 6. The Labute approximate surface area is 74.0 Å². The van der Waals surface area contributed by atoms with Gasteiger partial charge in [-0.05, 0) is 13.3 Å². The monoisotopic (exact) mass is 174 g/mol. The van der Waals surface area contributed by atoms with Crippen LogP contribution in [0.15, 0.2) is 12.7 Å². The Balaban J connectivity index is 4.03. The Morgan fingerprint density at radius 1 is 1.67 bits per heavy atom. The van der Waals surface area contributed by atoms with Crippen LogP contribution in [0.4, 0.5) is 0 Å². The van der Waals surface area contributed by atoms with E-state index in [2.05, 4.69) is 6.58 Å². The summed E-state index contributed by atoms with van der Waals surface area (Å²) >= 11 is 0. The van der Waals surface area contributed by atoms with E-state index in [0.29, 0.717) is 0 Å². The molecule has 1 N–H and O–H groups in total. The molecule has 3 heteroatoms. The van der Waals surface area contributed by atoms with Crippen molar-refractivity contribution in [2.45, 2.75) is 32.0 Å². The molecule has 0 fully saturated rings. The summed E-state index contributed by atoms with van der Waals surface area (Å²) in [6.07, 6.45) is 1.95. The summed E-state index contributed by atoms with van der Waals surface area (Å²) in [5, 5.41) is 9.71. The van der Waals surface area contributed by atoms with Gasteiger partial charge in [0.15, 0.2) is 0 Å². The van der Waals surface area contributed by atoms with Crippen LogP contribution in [0, 0.1) is 0 Å². The van der Waals surface area contributed by atoms with E-state index >= 15 is 0 Å². The van der Waals surface area contributed by atoms with Crippen LogP contribution in [0.1, 0.15) is 20.3 Å². The molecule has 2 atom stereocenters. The highest BCUT2D eigenvalue weighted by atomic mass is 16.7. The lowest BCUT2D eigenvalue weighted by atomic mass is 9.97. The first-order valence-electron chi connectivity index (χ1n) is 4.05. The lowest BCUT2D eigenvalue weighted by molar-refractivity contribution is -0.132. The molecule has 12 heavy (non-hydrogen) atoms. The van der Waals surface area contributed by atoms with Gasteiger partial charge in [-0.3, -0.25) is 0 Å². The molecule has 0 saturated heterocycles. The average molecular weight is 174 g/mol. The molecule has 72 valence electrons. The number of aliphatic hydroxyl groups is 1. The number of hydrogen-bond acceptors (Lipinski definition) is 3. The summed E-state index contributed by atoms with van der Waals surface area (Å²) in [7, 11) is 1.55. The van der Waals surface area contributed by atoms with Gasteiger partial charge >= 0.3 is 0 Å². The van der Waals surface area contributed by atoms with E-state index in [9.17, 15) is 5.11 Å². The second-order valence-corrected chi connectivity index (χ2v) is 2.90. The molecular formula is C9H18O3. The van der Waals surface area contributed by atoms with Crippen molar-refractivity contribution in [3.8, 4) is 0 Å². The Bertz CT molecular complexity index is 132. The maximum Gasteiger partial charge on any atom is 0.146 e. The SMILES string of the molecule is C=C[C@](C)(O)[C@@H](CC)OCOC. The topological polar surface area (TPSA) is 38.7 Å². The summed E-state index contributed by atoms with van der Waals surface area (Å²) in [4.78, 5) is 0. The lowest BCUT2D eigenvalue weighted by Crippen LogP contribution is -2.39. The minimum Gasteiger partial charge on any atom is -0.383 e. The van der Waals surface area contributed by atoms with Gasteiger partial charge in [0.2, 0.25) is 0 Å². The second-order valence-electron chi connectivity index (χ2n) is 2.90. The van der Waals surface area contributed by atoms with Gasteiger partial charge in [-0.15, -0.1) is 6.58 Å². The predicted molar refractivity (Wildman–Crippen MR) is 47.9 cm³/mol. The Morgan fingerprint density at radius 3 is 2.58 bits per heavy atom. The molecule has 0 aromatic rings. The fraction of sp³-hybridized carbons (Fsp3) is 0.778. The smallest absolute Gasteiger partial charge is 0.146 e. The molecule has 0 rings (SSSR count). The Kier molecular flexibility index (Phi) is 5.13. The summed E-state index contributed by atoms with van der Waals surface area (Å²) in [6, 6.07) is 0. The minimum atomic E-state index is -0.979. The van der Waals surface area contributed by atoms with E-state index in [-0.39, 0.29) is 12.9 Å². The van der Waals surface area contributed by atoms with Crippen LogP contribution < -0.4 is 0 Å². The molecule has 3 nitrogen and oxygen atoms in total. The molecule has 0 aromatic heterocycles. The van der Waals surface area contributed by atoms with Crippen molar-refractivity contribution in [2.75, 3.05) is 13.9 Å². The third-order valence-electron chi connectivity index (χ3n) is 1.82. The van der Waals surface area contributed by atoms with Crippen LogP contribution in [0.25, 0.3) is 0 Å². The molecule has 0 aromatic carbocycles. The molecule has 0 radical (unpaired) electrons. The van der Waals surface area contributed by atoms with Crippen molar-refractivity contribution in [1.82, 2.24) is 0 Å². The minimum absolute atomic E-state index is 0.197. The van der Waals surface area contributed by atoms with Gasteiger partial charge in [-0.2, -0.15) is 0 Å². The third-order valence-corrected chi connectivity index (χ3v) is 1.82. The van der Waals surface area contributed by atoms with Crippen LogP contribution in [0.3, 0.4) is 0 Å². The molecule has 0 aliphatic carbocycles. The Hall–Kier alpha value is -0.380. The van der Waals surface area contributed by atoms with Crippen LogP contribution in [0.5, 0.6) is 0 Å². The van der Waals surface area contributed by atoms with Gasteiger partial charge in [0.05, 0.1) is 6.10 Å². The van der Waals surface area contributed by atoms with Gasteiger partial charge in [0.1, 0.15) is 12.4 Å². The number of ether oxygens (including phenoxy) is 2. The Morgan fingerprint density at radius 2 is 2.25 bits per heavy atom. The summed E-state index contributed by atoms with van der Waals surface area (Å²) in [5.74, 6) is 0. The average Bonchev–Trinajstić information content (AvgIpc) is 2.05. The molecule has 0 unspecified atom stereocenters.